The molecule has 1 rings (SSSR count). The predicted molar refractivity (Wildman–Crippen MR) is 75.8 cm³/mol. The molecule has 4 heteroatoms. The van der Waals surface area contributed by atoms with Gasteiger partial charge in [0.1, 0.15) is 5.54 Å². The van der Waals surface area contributed by atoms with Gasteiger partial charge < -0.3 is 15.2 Å². The average Bonchev–Trinajstić information content (AvgIpc) is 2.27. The first-order chi connectivity index (χ1) is 8.85. The van der Waals surface area contributed by atoms with Gasteiger partial charge in [0.2, 0.25) is 0 Å². The molecule has 0 saturated heterocycles. The Morgan fingerprint density at radius 2 is 1.84 bits per heavy atom. The van der Waals surface area contributed by atoms with E-state index in [1.807, 2.05) is 0 Å². The topological polar surface area (TPSA) is 61.5 Å². The van der Waals surface area contributed by atoms with Crippen molar-refractivity contribution in [3.05, 3.63) is 0 Å². The molecule has 0 amide bonds. The van der Waals surface area contributed by atoms with E-state index in [2.05, 4.69) is 13.8 Å². The Kier molecular flexibility index (Phi) is 6.27. The van der Waals surface area contributed by atoms with Gasteiger partial charge in [-0.25, -0.2) is 0 Å². The van der Waals surface area contributed by atoms with Gasteiger partial charge in [0.25, 0.3) is 0 Å². The van der Waals surface area contributed by atoms with Gasteiger partial charge in [0.05, 0.1) is 12.7 Å². The third-order valence-corrected chi connectivity index (χ3v) is 3.85. The second kappa shape index (κ2) is 7.25. The summed E-state index contributed by atoms with van der Waals surface area (Å²) < 4.78 is 10.9. The van der Waals surface area contributed by atoms with E-state index in [1.54, 1.807) is 13.8 Å². The van der Waals surface area contributed by atoms with E-state index >= 15 is 0 Å². The van der Waals surface area contributed by atoms with Gasteiger partial charge in [-0.2, -0.15) is 0 Å². The van der Waals surface area contributed by atoms with Gasteiger partial charge in [0, 0.05) is 6.61 Å². The molecule has 3 atom stereocenters. The lowest BCUT2D eigenvalue weighted by molar-refractivity contribution is -0.150. The molecular weight excluding hydrogens is 242 g/mol. The number of rotatable bonds is 6. The minimum absolute atomic E-state index is 0.316. The Hall–Kier alpha value is -0.610. The van der Waals surface area contributed by atoms with Crippen LogP contribution in [0, 0.1) is 11.8 Å². The Morgan fingerprint density at radius 3 is 2.37 bits per heavy atom. The Morgan fingerprint density at radius 1 is 1.26 bits per heavy atom. The lowest BCUT2D eigenvalue weighted by Crippen LogP contribution is -2.47. The SMILES string of the molecule is CCOC(=O)C(C)(N)CCOC1CC(C)CC(C)C1. The van der Waals surface area contributed by atoms with Crippen LogP contribution in [-0.2, 0) is 14.3 Å². The Labute approximate surface area is 117 Å². The van der Waals surface area contributed by atoms with E-state index in [4.69, 9.17) is 15.2 Å². The minimum atomic E-state index is -0.943. The smallest absolute Gasteiger partial charge is 0.325 e. The van der Waals surface area contributed by atoms with Gasteiger partial charge in [-0.3, -0.25) is 4.79 Å². The first-order valence-corrected chi connectivity index (χ1v) is 7.42. The molecule has 112 valence electrons. The van der Waals surface area contributed by atoms with Crippen molar-refractivity contribution in [3.63, 3.8) is 0 Å². The van der Waals surface area contributed by atoms with Crippen LogP contribution in [0.15, 0.2) is 0 Å². The van der Waals surface area contributed by atoms with Crippen molar-refractivity contribution in [1.29, 1.82) is 0 Å². The van der Waals surface area contributed by atoms with E-state index in [-0.39, 0.29) is 5.97 Å². The summed E-state index contributed by atoms with van der Waals surface area (Å²) in [7, 11) is 0. The number of carbonyl (C=O) groups is 1. The molecule has 2 N–H and O–H groups in total. The van der Waals surface area contributed by atoms with E-state index in [0.29, 0.717) is 25.7 Å². The molecule has 1 aliphatic carbocycles. The Balaban J connectivity index is 2.31. The zero-order chi connectivity index (χ0) is 14.5. The second-order valence-electron chi connectivity index (χ2n) is 6.30. The lowest BCUT2D eigenvalue weighted by Gasteiger charge is -2.32. The molecule has 4 nitrogen and oxygen atoms in total. The van der Waals surface area contributed by atoms with Crippen molar-refractivity contribution in [2.75, 3.05) is 13.2 Å². The van der Waals surface area contributed by atoms with Gasteiger partial charge in [-0.15, -0.1) is 0 Å². The van der Waals surface area contributed by atoms with Crippen molar-refractivity contribution in [1.82, 2.24) is 0 Å². The molecule has 0 bridgehead atoms. The molecule has 0 aromatic heterocycles. The van der Waals surface area contributed by atoms with Gasteiger partial charge in [0.15, 0.2) is 0 Å². The monoisotopic (exact) mass is 271 g/mol. The van der Waals surface area contributed by atoms with Crippen molar-refractivity contribution >= 4 is 5.97 Å². The van der Waals surface area contributed by atoms with E-state index in [9.17, 15) is 4.79 Å². The minimum Gasteiger partial charge on any atom is -0.465 e. The third-order valence-electron chi connectivity index (χ3n) is 3.85. The zero-order valence-electron chi connectivity index (χ0n) is 12.8. The van der Waals surface area contributed by atoms with Gasteiger partial charge in [-0.1, -0.05) is 13.8 Å². The number of ether oxygens (including phenoxy) is 2. The highest BCUT2D eigenvalue weighted by Gasteiger charge is 2.30. The number of hydrogen-bond donors (Lipinski definition) is 1. The number of carbonyl (C=O) groups excluding carboxylic acids is 1. The molecule has 1 saturated carbocycles. The van der Waals surface area contributed by atoms with Crippen molar-refractivity contribution in [3.8, 4) is 0 Å². The summed E-state index contributed by atoms with van der Waals surface area (Å²) in [6.45, 7) is 8.94. The summed E-state index contributed by atoms with van der Waals surface area (Å²) in [5.41, 5.74) is 5.02. The fourth-order valence-corrected chi connectivity index (χ4v) is 2.84. The maximum absolute atomic E-state index is 11.6. The van der Waals surface area contributed by atoms with Crippen LogP contribution >= 0.6 is 0 Å². The number of hydrogen-bond acceptors (Lipinski definition) is 4. The van der Waals surface area contributed by atoms with E-state index in [0.717, 1.165) is 24.7 Å². The van der Waals surface area contributed by atoms with Crippen LogP contribution in [0.25, 0.3) is 0 Å². The highest BCUT2D eigenvalue weighted by Crippen LogP contribution is 2.30. The molecule has 0 heterocycles. The van der Waals surface area contributed by atoms with Crippen LogP contribution in [0.3, 0.4) is 0 Å². The van der Waals surface area contributed by atoms with Crippen molar-refractivity contribution < 1.29 is 14.3 Å². The average molecular weight is 271 g/mol. The molecular formula is C15H29NO3. The lowest BCUT2D eigenvalue weighted by atomic mass is 9.82. The molecule has 3 unspecified atom stereocenters. The van der Waals surface area contributed by atoms with Crippen LogP contribution in [0.4, 0.5) is 0 Å². The maximum Gasteiger partial charge on any atom is 0.325 e. The summed E-state index contributed by atoms with van der Waals surface area (Å²) in [6.07, 6.45) is 4.34. The fraction of sp³-hybridized carbons (Fsp3) is 0.933. The summed E-state index contributed by atoms with van der Waals surface area (Å²) in [4.78, 5) is 11.6. The summed E-state index contributed by atoms with van der Waals surface area (Å²) in [5, 5.41) is 0. The molecule has 19 heavy (non-hydrogen) atoms. The molecule has 1 fully saturated rings. The van der Waals surface area contributed by atoms with Crippen LogP contribution in [0.2, 0.25) is 0 Å². The molecule has 0 aromatic rings. The van der Waals surface area contributed by atoms with Crippen LogP contribution in [-0.4, -0.2) is 30.8 Å². The van der Waals surface area contributed by atoms with Crippen LogP contribution in [0.1, 0.15) is 53.4 Å². The molecule has 0 radical (unpaired) electrons. The summed E-state index contributed by atoms with van der Waals surface area (Å²) in [5.74, 6) is 1.11. The maximum atomic E-state index is 11.6. The normalized spacial score (nSPS) is 30.7. The summed E-state index contributed by atoms with van der Waals surface area (Å²) >= 11 is 0. The van der Waals surface area contributed by atoms with Crippen molar-refractivity contribution in [2.24, 2.45) is 17.6 Å². The zero-order valence-corrected chi connectivity index (χ0v) is 12.8. The third kappa shape index (κ3) is 5.49. The highest BCUT2D eigenvalue weighted by atomic mass is 16.5. The van der Waals surface area contributed by atoms with Crippen LogP contribution in [0.5, 0.6) is 0 Å². The van der Waals surface area contributed by atoms with E-state index < -0.39 is 5.54 Å². The molecule has 0 spiro atoms. The first-order valence-electron chi connectivity index (χ1n) is 7.42. The predicted octanol–water partition coefficient (Wildman–Crippen LogP) is 2.50. The highest BCUT2D eigenvalue weighted by molar-refractivity contribution is 5.79. The molecule has 0 aliphatic heterocycles. The van der Waals surface area contributed by atoms with Gasteiger partial charge >= 0.3 is 5.97 Å². The summed E-state index contributed by atoms with van der Waals surface area (Å²) in [6, 6.07) is 0. The first kappa shape index (κ1) is 16.4. The van der Waals surface area contributed by atoms with E-state index in [1.165, 1.54) is 6.42 Å². The number of esters is 1. The van der Waals surface area contributed by atoms with Crippen LogP contribution < -0.4 is 5.73 Å². The fourth-order valence-electron chi connectivity index (χ4n) is 2.84. The van der Waals surface area contributed by atoms with Crippen molar-refractivity contribution in [2.45, 2.75) is 65.0 Å². The standard InChI is InChI=1S/C15H29NO3/c1-5-18-14(17)15(4,16)6-7-19-13-9-11(2)8-12(3)10-13/h11-13H,5-10,16H2,1-4H3. The second-order valence-corrected chi connectivity index (χ2v) is 6.30. The molecule has 1 aliphatic rings. The largest absolute Gasteiger partial charge is 0.465 e. The quantitative estimate of drug-likeness (QED) is 0.754. The number of nitrogens with two attached hydrogens (primary N) is 1. The van der Waals surface area contributed by atoms with Gasteiger partial charge in [-0.05, 0) is 51.4 Å². The molecule has 0 aromatic carbocycles. The Bertz CT molecular complexity index is 281.